The Balaban J connectivity index is 2.36. The topological polar surface area (TPSA) is 89.9 Å². The van der Waals surface area contributed by atoms with E-state index in [9.17, 15) is 9.59 Å². The molecule has 19 heavy (non-hydrogen) atoms. The summed E-state index contributed by atoms with van der Waals surface area (Å²) < 4.78 is 0. The van der Waals surface area contributed by atoms with Gasteiger partial charge in [0.2, 0.25) is 0 Å². The second kappa shape index (κ2) is 7.99. The lowest BCUT2D eigenvalue weighted by molar-refractivity contribution is -0.146. The van der Waals surface area contributed by atoms with Crippen LogP contribution in [0.25, 0.3) is 0 Å². The van der Waals surface area contributed by atoms with Crippen LogP contribution in [0.2, 0.25) is 0 Å². The molecule has 0 radical (unpaired) electrons. The van der Waals surface area contributed by atoms with E-state index in [1.807, 2.05) is 4.90 Å². The number of rotatable bonds is 6. The molecule has 0 spiro atoms. The summed E-state index contributed by atoms with van der Waals surface area (Å²) in [5, 5.41) is 20.3. The number of hydrogen-bond donors (Lipinski definition) is 3. The number of aliphatic hydroxyl groups excluding tert-OH is 1. The van der Waals surface area contributed by atoms with Crippen molar-refractivity contribution < 1.29 is 19.8 Å². The van der Waals surface area contributed by atoms with Gasteiger partial charge in [-0.1, -0.05) is 13.3 Å². The lowest BCUT2D eigenvalue weighted by atomic mass is 9.99. The fourth-order valence-corrected chi connectivity index (χ4v) is 2.44. The summed E-state index contributed by atoms with van der Waals surface area (Å²) >= 11 is 0. The van der Waals surface area contributed by atoms with Crippen LogP contribution in [0.15, 0.2) is 0 Å². The van der Waals surface area contributed by atoms with E-state index in [1.165, 1.54) is 0 Å². The first-order chi connectivity index (χ1) is 9.06. The molecule has 3 N–H and O–H groups in total. The van der Waals surface area contributed by atoms with Crippen LogP contribution in [0.3, 0.4) is 0 Å². The Morgan fingerprint density at radius 1 is 1.42 bits per heavy atom. The molecule has 0 aliphatic carbocycles. The monoisotopic (exact) mass is 272 g/mol. The van der Waals surface area contributed by atoms with Gasteiger partial charge in [-0.3, -0.25) is 0 Å². The van der Waals surface area contributed by atoms with Crippen LogP contribution in [-0.2, 0) is 4.79 Å². The first-order valence-corrected chi connectivity index (χ1v) is 7.01. The maximum Gasteiger partial charge on any atom is 0.332 e. The number of carboxylic acid groups (broad SMARTS) is 1. The molecular weight excluding hydrogens is 248 g/mol. The molecule has 1 unspecified atom stereocenters. The molecule has 0 aromatic carbocycles. The molecule has 1 heterocycles. The third kappa shape index (κ3) is 5.06. The highest BCUT2D eigenvalue weighted by Gasteiger charge is 2.25. The maximum absolute atomic E-state index is 12.0. The molecule has 1 rings (SSSR count). The van der Waals surface area contributed by atoms with Gasteiger partial charge in [0.05, 0.1) is 0 Å². The number of carboxylic acids is 1. The Labute approximate surface area is 113 Å². The summed E-state index contributed by atoms with van der Waals surface area (Å²) in [6.07, 6.45) is 3.90. The highest BCUT2D eigenvalue weighted by atomic mass is 16.4. The van der Waals surface area contributed by atoms with E-state index in [-0.39, 0.29) is 19.0 Å². The third-order valence-corrected chi connectivity index (χ3v) is 3.49. The van der Waals surface area contributed by atoms with Crippen LogP contribution in [0.5, 0.6) is 0 Å². The quantitative estimate of drug-likeness (QED) is 0.677. The molecule has 0 aromatic rings. The largest absolute Gasteiger partial charge is 0.479 e. The normalized spacial score (nSPS) is 20.9. The number of carbonyl (C=O) groups excluding carboxylic acids is 1. The molecular formula is C13H24N2O4. The lowest BCUT2D eigenvalue weighted by Gasteiger charge is -2.35. The zero-order valence-electron chi connectivity index (χ0n) is 11.5. The van der Waals surface area contributed by atoms with Crippen molar-refractivity contribution in [1.82, 2.24) is 10.2 Å². The van der Waals surface area contributed by atoms with Crippen molar-refractivity contribution in [1.29, 1.82) is 0 Å². The number of piperidine rings is 1. The van der Waals surface area contributed by atoms with Crippen molar-refractivity contribution in [3.63, 3.8) is 0 Å². The SMILES string of the molecule is CCCC1CCCCN1C(=O)NCC[C@H](O)C(=O)O. The molecule has 0 aromatic heterocycles. The molecule has 0 saturated carbocycles. The minimum atomic E-state index is -1.41. The standard InChI is InChI=1S/C13H24N2O4/c1-2-5-10-6-3-4-9-15(10)13(19)14-8-7-11(16)12(17)18/h10-11,16H,2-9H2,1H3,(H,14,19)(H,17,18)/t10?,11-/m0/s1. The molecule has 1 fully saturated rings. The first-order valence-electron chi connectivity index (χ1n) is 7.01. The van der Waals surface area contributed by atoms with Crippen molar-refractivity contribution >= 4 is 12.0 Å². The summed E-state index contributed by atoms with van der Waals surface area (Å²) in [6, 6.07) is 0.152. The summed E-state index contributed by atoms with van der Waals surface area (Å²) in [6.45, 7) is 3.05. The molecule has 0 bridgehead atoms. The highest BCUT2D eigenvalue weighted by Crippen LogP contribution is 2.20. The van der Waals surface area contributed by atoms with Crippen LogP contribution in [0.4, 0.5) is 4.79 Å². The molecule has 2 atom stereocenters. The van der Waals surface area contributed by atoms with Gasteiger partial charge in [-0.05, 0) is 25.7 Å². The second-order valence-electron chi connectivity index (χ2n) is 5.01. The number of aliphatic carboxylic acids is 1. The van der Waals surface area contributed by atoms with Crippen molar-refractivity contribution in [3.05, 3.63) is 0 Å². The Morgan fingerprint density at radius 2 is 2.16 bits per heavy atom. The van der Waals surface area contributed by atoms with Crippen LogP contribution < -0.4 is 5.32 Å². The van der Waals surface area contributed by atoms with E-state index in [0.29, 0.717) is 6.04 Å². The Morgan fingerprint density at radius 3 is 2.79 bits per heavy atom. The zero-order chi connectivity index (χ0) is 14.3. The minimum absolute atomic E-state index is 0.0351. The van der Waals surface area contributed by atoms with Gasteiger partial charge in [0, 0.05) is 25.6 Å². The number of likely N-dealkylation sites (tertiary alicyclic amines) is 1. The van der Waals surface area contributed by atoms with E-state index in [1.54, 1.807) is 0 Å². The van der Waals surface area contributed by atoms with E-state index in [2.05, 4.69) is 12.2 Å². The maximum atomic E-state index is 12.0. The van der Waals surface area contributed by atoms with Crippen molar-refractivity contribution in [2.24, 2.45) is 0 Å². The van der Waals surface area contributed by atoms with Crippen molar-refractivity contribution in [2.45, 2.75) is 57.6 Å². The number of amides is 2. The third-order valence-electron chi connectivity index (χ3n) is 3.49. The van der Waals surface area contributed by atoms with Gasteiger partial charge >= 0.3 is 12.0 Å². The van der Waals surface area contributed by atoms with E-state index < -0.39 is 12.1 Å². The number of carbonyl (C=O) groups is 2. The van der Waals surface area contributed by atoms with Gasteiger partial charge in [-0.25, -0.2) is 9.59 Å². The van der Waals surface area contributed by atoms with Crippen molar-refractivity contribution in [3.8, 4) is 0 Å². The van der Waals surface area contributed by atoms with Crippen LogP contribution in [-0.4, -0.2) is 52.3 Å². The molecule has 1 aliphatic heterocycles. The fourth-order valence-electron chi connectivity index (χ4n) is 2.44. The summed E-state index contributed by atoms with van der Waals surface area (Å²) in [5.74, 6) is -1.25. The predicted molar refractivity (Wildman–Crippen MR) is 70.9 cm³/mol. The Hall–Kier alpha value is -1.30. The Bertz CT molecular complexity index is 307. The van der Waals surface area contributed by atoms with Crippen LogP contribution in [0.1, 0.15) is 45.4 Å². The number of aliphatic hydroxyl groups is 1. The average molecular weight is 272 g/mol. The molecule has 1 aliphatic rings. The molecule has 1 saturated heterocycles. The van der Waals surface area contributed by atoms with Crippen LogP contribution >= 0.6 is 0 Å². The summed E-state index contributed by atoms with van der Waals surface area (Å²) in [5.41, 5.74) is 0. The number of hydrogen-bond acceptors (Lipinski definition) is 3. The van der Waals surface area contributed by atoms with Gasteiger partial charge in [-0.15, -0.1) is 0 Å². The fraction of sp³-hybridized carbons (Fsp3) is 0.846. The molecule has 2 amide bonds. The van der Waals surface area contributed by atoms with E-state index >= 15 is 0 Å². The van der Waals surface area contributed by atoms with Gasteiger partial charge in [-0.2, -0.15) is 0 Å². The van der Waals surface area contributed by atoms with Crippen LogP contribution in [0, 0.1) is 0 Å². The van der Waals surface area contributed by atoms with Gasteiger partial charge < -0.3 is 20.4 Å². The Kier molecular flexibility index (Phi) is 6.62. The minimum Gasteiger partial charge on any atom is -0.479 e. The number of nitrogens with zero attached hydrogens (tertiary/aromatic N) is 1. The predicted octanol–water partition coefficient (Wildman–Crippen LogP) is 1.19. The van der Waals surface area contributed by atoms with E-state index in [0.717, 1.165) is 38.6 Å². The van der Waals surface area contributed by atoms with Gasteiger partial charge in [0.1, 0.15) is 0 Å². The number of urea groups is 1. The average Bonchev–Trinajstić information content (AvgIpc) is 2.39. The second-order valence-corrected chi connectivity index (χ2v) is 5.01. The summed E-state index contributed by atoms with van der Waals surface area (Å²) in [4.78, 5) is 24.3. The first kappa shape index (κ1) is 15.8. The smallest absolute Gasteiger partial charge is 0.332 e. The molecule has 6 heteroatoms. The van der Waals surface area contributed by atoms with Crippen molar-refractivity contribution in [2.75, 3.05) is 13.1 Å². The molecule has 6 nitrogen and oxygen atoms in total. The molecule has 110 valence electrons. The number of nitrogens with one attached hydrogen (secondary N) is 1. The lowest BCUT2D eigenvalue weighted by Crippen LogP contribution is -2.49. The van der Waals surface area contributed by atoms with Gasteiger partial charge in [0.25, 0.3) is 0 Å². The van der Waals surface area contributed by atoms with Gasteiger partial charge in [0.15, 0.2) is 6.10 Å². The highest BCUT2D eigenvalue weighted by molar-refractivity contribution is 5.75. The zero-order valence-corrected chi connectivity index (χ0v) is 11.5. The summed E-state index contributed by atoms with van der Waals surface area (Å²) in [7, 11) is 0. The van der Waals surface area contributed by atoms with E-state index in [4.69, 9.17) is 10.2 Å².